The molecule has 1 aliphatic rings. The van der Waals surface area contributed by atoms with Crippen LogP contribution >= 0.6 is 11.3 Å². The van der Waals surface area contributed by atoms with Crippen LogP contribution in [-0.2, 0) is 17.8 Å². The quantitative estimate of drug-likeness (QED) is 0.336. The predicted molar refractivity (Wildman–Crippen MR) is 132 cm³/mol. The van der Waals surface area contributed by atoms with Crippen LogP contribution in [0.25, 0.3) is 11.5 Å². The second-order valence-electron chi connectivity index (χ2n) is 7.67. The highest BCUT2D eigenvalue weighted by atomic mass is 32.1. The number of hydrogen-bond donors (Lipinski definition) is 2. The van der Waals surface area contributed by atoms with Crippen molar-refractivity contribution < 1.29 is 4.79 Å². The number of nitrogens with zero attached hydrogens (tertiary/aromatic N) is 4. The van der Waals surface area contributed by atoms with Crippen LogP contribution in [-0.4, -0.2) is 41.6 Å². The molecule has 1 amide bonds. The SMILES string of the molecule is CCn1c(=C=C(C#N)C(=O)NCC#N)sc(=C=CNc2cccc(CCN3CCCC3)c2)c1=O. The van der Waals surface area contributed by atoms with Gasteiger partial charge in [0.2, 0.25) is 0 Å². The Morgan fingerprint density at radius 1 is 1.26 bits per heavy atom. The second kappa shape index (κ2) is 12.4. The van der Waals surface area contributed by atoms with Gasteiger partial charge >= 0.3 is 0 Å². The van der Waals surface area contributed by atoms with Gasteiger partial charge in [0, 0.05) is 25.0 Å². The number of nitriles is 2. The van der Waals surface area contributed by atoms with E-state index in [9.17, 15) is 14.9 Å². The number of benzene rings is 1. The standard InChI is InChI=1S/C25H26N6O2S/c1-2-31-23(17-20(18-27)24(32)29-12-10-26)34-22(25(31)33)8-11-28-21-7-5-6-19(16-21)9-15-30-13-3-4-14-30/h5-7,11,16,28H,2-4,9,12-15H2,1H3,(H,29,32). The van der Waals surface area contributed by atoms with E-state index < -0.39 is 5.91 Å². The van der Waals surface area contributed by atoms with Gasteiger partial charge in [0.1, 0.15) is 21.8 Å². The third-order valence-corrected chi connectivity index (χ3v) is 6.40. The minimum Gasteiger partial charge on any atom is -0.355 e. The molecule has 0 saturated carbocycles. The number of amides is 1. The molecule has 0 aliphatic carbocycles. The summed E-state index contributed by atoms with van der Waals surface area (Å²) in [5.41, 5.74) is 7.27. The summed E-state index contributed by atoms with van der Waals surface area (Å²) in [5, 5.41) is 23.3. The Morgan fingerprint density at radius 3 is 2.76 bits per heavy atom. The Labute approximate surface area is 202 Å². The van der Waals surface area contributed by atoms with Crippen LogP contribution < -0.4 is 25.4 Å². The molecule has 2 aromatic rings. The summed E-state index contributed by atoms with van der Waals surface area (Å²) < 4.78 is 2.10. The summed E-state index contributed by atoms with van der Waals surface area (Å²) in [6, 6.07) is 11.7. The average molecular weight is 475 g/mol. The van der Waals surface area contributed by atoms with Gasteiger partial charge in [-0.15, -0.1) is 0 Å². The van der Waals surface area contributed by atoms with E-state index in [1.54, 1.807) is 25.3 Å². The van der Waals surface area contributed by atoms with Crippen molar-refractivity contribution in [3.8, 4) is 12.1 Å². The molecule has 0 unspecified atom stereocenters. The maximum atomic E-state index is 12.7. The Bertz CT molecular complexity index is 1370. The normalized spacial score (nSPS) is 12.7. The number of rotatable bonds is 8. The van der Waals surface area contributed by atoms with Crippen molar-refractivity contribution in [3.63, 3.8) is 0 Å². The van der Waals surface area contributed by atoms with Crippen LogP contribution in [0.2, 0.25) is 0 Å². The van der Waals surface area contributed by atoms with Crippen molar-refractivity contribution in [2.24, 2.45) is 0 Å². The number of aromatic nitrogens is 1. The molecule has 1 aliphatic heterocycles. The molecule has 0 atom stereocenters. The minimum absolute atomic E-state index is 0.219. The van der Waals surface area contributed by atoms with Gasteiger partial charge in [-0.2, -0.15) is 10.5 Å². The fourth-order valence-electron chi connectivity index (χ4n) is 3.63. The lowest BCUT2D eigenvalue weighted by Crippen LogP contribution is -2.30. The number of carbonyl (C=O) groups is 1. The first-order valence-electron chi connectivity index (χ1n) is 11.1. The second-order valence-corrected chi connectivity index (χ2v) is 8.67. The van der Waals surface area contributed by atoms with E-state index in [-0.39, 0.29) is 17.7 Å². The Morgan fingerprint density at radius 2 is 2.06 bits per heavy atom. The fraction of sp³-hybridized carbons (Fsp3) is 0.360. The van der Waals surface area contributed by atoms with E-state index in [0.717, 1.165) is 30.0 Å². The molecule has 9 heteroatoms. The largest absolute Gasteiger partial charge is 0.355 e. The highest BCUT2D eigenvalue weighted by molar-refractivity contribution is 7.07. The molecule has 0 bridgehead atoms. The maximum Gasteiger partial charge on any atom is 0.277 e. The minimum atomic E-state index is -0.708. The van der Waals surface area contributed by atoms with Crippen LogP contribution in [0, 0.1) is 22.7 Å². The van der Waals surface area contributed by atoms with Gasteiger partial charge in [-0.3, -0.25) is 14.2 Å². The van der Waals surface area contributed by atoms with E-state index in [2.05, 4.69) is 39.1 Å². The Hall–Kier alpha value is -3.84. The van der Waals surface area contributed by atoms with Crippen LogP contribution in [0.3, 0.4) is 0 Å². The first kappa shape index (κ1) is 24.8. The molecular weight excluding hydrogens is 448 g/mol. The van der Waals surface area contributed by atoms with Crippen LogP contribution in [0.5, 0.6) is 0 Å². The predicted octanol–water partition coefficient (Wildman–Crippen LogP) is 1.04. The summed E-state index contributed by atoms with van der Waals surface area (Å²) >= 11 is 1.09. The van der Waals surface area contributed by atoms with Crippen LogP contribution in [0.15, 0.2) is 40.8 Å². The lowest BCUT2D eigenvalue weighted by molar-refractivity contribution is -0.116. The summed E-state index contributed by atoms with van der Waals surface area (Å²) in [4.78, 5) is 27.2. The van der Waals surface area contributed by atoms with Crippen molar-refractivity contribution in [1.29, 1.82) is 10.5 Å². The molecule has 3 rings (SSSR count). The van der Waals surface area contributed by atoms with Gasteiger partial charge in [-0.25, -0.2) is 0 Å². The molecule has 1 aromatic heterocycles. The Balaban J connectivity index is 1.85. The molecule has 8 nitrogen and oxygen atoms in total. The summed E-state index contributed by atoms with van der Waals surface area (Å²) in [6.07, 6.45) is 5.15. The van der Waals surface area contributed by atoms with Crippen molar-refractivity contribution >= 4 is 34.4 Å². The molecule has 2 N–H and O–H groups in total. The van der Waals surface area contributed by atoms with Crippen molar-refractivity contribution in [2.45, 2.75) is 32.7 Å². The zero-order valence-corrected chi connectivity index (χ0v) is 19.9. The van der Waals surface area contributed by atoms with E-state index in [1.807, 2.05) is 12.1 Å². The van der Waals surface area contributed by atoms with E-state index in [4.69, 9.17) is 5.26 Å². The monoisotopic (exact) mass is 474 g/mol. The van der Waals surface area contributed by atoms with E-state index >= 15 is 0 Å². The summed E-state index contributed by atoms with van der Waals surface area (Å²) in [6.45, 7) is 5.35. The topological polar surface area (TPSA) is 114 Å². The van der Waals surface area contributed by atoms with Gasteiger partial charge in [-0.1, -0.05) is 34.9 Å². The van der Waals surface area contributed by atoms with Gasteiger partial charge in [0.15, 0.2) is 5.57 Å². The number of thiazole rings is 1. The molecule has 1 saturated heterocycles. The first-order valence-corrected chi connectivity index (χ1v) is 12.0. The van der Waals surface area contributed by atoms with Gasteiger partial charge in [0.25, 0.3) is 11.5 Å². The van der Waals surface area contributed by atoms with Crippen molar-refractivity contribution in [1.82, 2.24) is 14.8 Å². The van der Waals surface area contributed by atoms with Crippen molar-refractivity contribution in [2.75, 3.05) is 31.5 Å². The highest BCUT2D eigenvalue weighted by Gasteiger charge is 2.11. The maximum absolute atomic E-state index is 12.7. The first-order chi connectivity index (χ1) is 16.5. The Kier molecular flexibility index (Phi) is 9.05. The average Bonchev–Trinajstić information content (AvgIpc) is 3.47. The third kappa shape index (κ3) is 6.59. The number of likely N-dealkylation sites (tertiary alicyclic amines) is 1. The molecule has 1 fully saturated rings. The van der Waals surface area contributed by atoms with Gasteiger partial charge in [0.05, 0.1) is 6.07 Å². The van der Waals surface area contributed by atoms with Crippen LogP contribution in [0.4, 0.5) is 5.69 Å². The molecular formula is C25H26N6O2S. The van der Waals surface area contributed by atoms with Gasteiger partial charge < -0.3 is 15.5 Å². The molecule has 2 heterocycles. The number of nitrogens with one attached hydrogen (secondary N) is 2. The molecule has 0 radical (unpaired) electrons. The number of hydrogen-bond acceptors (Lipinski definition) is 7. The third-order valence-electron chi connectivity index (χ3n) is 5.38. The zero-order chi connectivity index (χ0) is 24.3. The molecule has 0 spiro atoms. The van der Waals surface area contributed by atoms with E-state index in [0.29, 0.717) is 15.7 Å². The smallest absolute Gasteiger partial charge is 0.277 e. The van der Waals surface area contributed by atoms with Crippen molar-refractivity contribution in [3.05, 3.63) is 61.2 Å². The number of anilines is 1. The van der Waals surface area contributed by atoms with Crippen LogP contribution in [0.1, 0.15) is 25.3 Å². The summed E-state index contributed by atoms with van der Waals surface area (Å²) in [5.74, 6) is -0.708. The number of carbonyl (C=O) groups excluding carboxylic acids is 1. The highest BCUT2D eigenvalue weighted by Crippen LogP contribution is 2.13. The lowest BCUT2D eigenvalue weighted by Gasteiger charge is -2.14. The fourth-order valence-corrected chi connectivity index (χ4v) is 4.61. The molecule has 34 heavy (non-hydrogen) atoms. The van der Waals surface area contributed by atoms with E-state index in [1.165, 1.54) is 36.1 Å². The summed E-state index contributed by atoms with van der Waals surface area (Å²) in [7, 11) is 0. The zero-order valence-electron chi connectivity index (χ0n) is 19.1. The van der Waals surface area contributed by atoms with Gasteiger partial charge in [-0.05, 0) is 57.0 Å². The lowest BCUT2D eigenvalue weighted by atomic mass is 10.1. The molecule has 1 aromatic carbocycles. The molecule has 174 valence electrons.